The first-order chi connectivity index (χ1) is 11.6. The van der Waals surface area contributed by atoms with Crippen LogP contribution in [0.4, 0.5) is 14.5 Å². The van der Waals surface area contributed by atoms with E-state index in [4.69, 9.17) is 0 Å². The summed E-state index contributed by atoms with van der Waals surface area (Å²) >= 11 is 0. The van der Waals surface area contributed by atoms with Gasteiger partial charge in [0, 0.05) is 25.0 Å². The smallest absolute Gasteiger partial charge is 0.319 e. The normalized spacial score (nSPS) is 11.6. The molecule has 0 bridgehead atoms. The zero-order valence-corrected chi connectivity index (χ0v) is 14.7. The first kappa shape index (κ1) is 18.8. The Morgan fingerprint density at radius 1 is 1.40 bits per heavy atom. The number of sulfonamides is 1. The minimum absolute atomic E-state index is 0.0486. The van der Waals surface area contributed by atoms with Crippen LogP contribution in [0.25, 0.3) is 0 Å². The molecule has 0 radical (unpaired) electrons. The highest BCUT2D eigenvalue weighted by atomic mass is 32.2. The molecule has 1 aromatic carbocycles. The molecule has 25 heavy (non-hydrogen) atoms. The Bertz CT molecular complexity index is 881. The lowest BCUT2D eigenvalue weighted by atomic mass is 10.1. The van der Waals surface area contributed by atoms with Crippen molar-refractivity contribution in [1.82, 2.24) is 14.5 Å². The van der Waals surface area contributed by atoms with Gasteiger partial charge in [0.25, 0.3) is 5.91 Å². The van der Waals surface area contributed by atoms with Gasteiger partial charge in [-0.05, 0) is 24.6 Å². The molecule has 0 aliphatic carbocycles. The molecule has 136 valence electrons. The summed E-state index contributed by atoms with van der Waals surface area (Å²) in [6.45, 7) is -1.16. The lowest BCUT2D eigenvalue weighted by Crippen LogP contribution is -2.28. The van der Waals surface area contributed by atoms with E-state index in [1.807, 2.05) is 0 Å². The lowest BCUT2D eigenvalue weighted by Gasteiger charge is -2.18. The van der Waals surface area contributed by atoms with Gasteiger partial charge < -0.3 is 4.90 Å². The minimum Gasteiger partial charge on any atom is -0.334 e. The summed E-state index contributed by atoms with van der Waals surface area (Å²) in [5.74, 6) is -0.396. The fourth-order valence-corrected chi connectivity index (χ4v) is 2.83. The summed E-state index contributed by atoms with van der Waals surface area (Å²) in [6.07, 6.45) is 3.38. The zero-order valence-electron chi connectivity index (χ0n) is 13.9. The number of hydrogen-bond donors (Lipinski definition) is 1. The number of anilines is 1. The summed E-state index contributed by atoms with van der Waals surface area (Å²) in [7, 11) is -2.04. The van der Waals surface area contributed by atoms with Crippen LogP contribution in [0, 0.1) is 6.92 Å². The summed E-state index contributed by atoms with van der Waals surface area (Å²) in [4.78, 5) is 17.6. The van der Waals surface area contributed by atoms with Crippen LogP contribution in [0.5, 0.6) is 0 Å². The van der Waals surface area contributed by atoms with Crippen LogP contribution in [0.1, 0.15) is 28.3 Å². The van der Waals surface area contributed by atoms with E-state index < -0.39 is 22.5 Å². The van der Waals surface area contributed by atoms with Crippen molar-refractivity contribution in [2.75, 3.05) is 18.0 Å². The number of alkyl halides is 2. The Morgan fingerprint density at radius 2 is 2.08 bits per heavy atom. The second-order valence-electron chi connectivity index (χ2n) is 5.59. The van der Waals surface area contributed by atoms with Crippen LogP contribution in [-0.2, 0) is 16.6 Å². The predicted molar refractivity (Wildman–Crippen MR) is 88.9 cm³/mol. The highest BCUT2D eigenvalue weighted by molar-refractivity contribution is 7.92. The molecule has 7 nitrogen and oxygen atoms in total. The predicted octanol–water partition coefficient (Wildman–Crippen LogP) is 2.23. The van der Waals surface area contributed by atoms with Crippen molar-refractivity contribution < 1.29 is 22.0 Å². The maximum absolute atomic E-state index is 12.8. The average molecular weight is 372 g/mol. The Labute approximate surface area is 144 Å². The number of benzene rings is 1. The molecule has 1 aromatic heterocycles. The fourth-order valence-electron chi connectivity index (χ4n) is 2.21. The van der Waals surface area contributed by atoms with Gasteiger partial charge in [-0.1, -0.05) is 6.07 Å². The topological polar surface area (TPSA) is 84.3 Å². The lowest BCUT2D eigenvalue weighted by molar-refractivity contribution is 0.0612. The van der Waals surface area contributed by atoms with Crippen LogP contribution in [0.2, 0.25) is 0 Å². The molecule has 2 aromatic rings. The molecule has 1 amide bonds. The van der Waals surface area contributed by atoms with E-state index in [0.29, 0.717) is 10.1 Å². The van der Waals surface area contributed by atoms with Gasteiger partial charge >= 0.3 is 6.55 Å². The first-order valence-electron chi connectivity index (χ1n) is 7.22. The van der Waals surface area contributed by atoms with Crippen molar-refractivity contribution in [3.05, 3.63) is 47.5 Å². The Kier molecular flexibility index (Phi) is 5.41. The third-order valence-electron chi connectivity index (χ3n) is 3.46. The Balaban J connectivity index is 2.22. The van der Waals surface area contributed by atoms with Gasteiger partial charge in [0.2, 0.25) is 10.0 Å². The van der Waals surface area contributed by atoms with Gasteiger partial charge in [0.1, 0.15) is 5.82 Å². The second-order valence-corrected chi connectivity index (χ2v) is 7.34. The number of nitrogens with zero attached hydrogens (tertiary/aromatic N) is 3. The highest BCUT2D eigenvalue weighted by Gasteiger charge is 2.18. The quantitative estimate of drug-likeness (QED) is 0.843. The van der Waals surface area contributed by atoms with E-state index in [1.54, 1.807) is 19.1 Å². The highest BCUT2D eigenvalue weighted by Crippen LogP contribution is 2.20. The number of imidazole rings is 1. The van der Waals surface area contributed by atoms with Gasteiger partial charge in [-0.25, -0.2) is 13.4 Å². The van der Waals surface area contributed by atoms with Crippen molar-refractivity contribution in [1.29, 1.82) is 0 Å². The third-order valence-corrected chi connectivity index (χ3v) is 4.06. The number of aryl methyl sites for hydroxylation is 1. The number of aromatic nitrogens is 2. The van der Waals surface area contributed by atoms with Crippen LogP contribution in [0.3, 0.4) is 0 Å². The average Bonchev–Trinajstić information content (AvgIpc) is 2.95. The van der Waals surface area contributed by atoms with E-state index in [0.717, 1.165) is 12.5 Å². The van der Waals surface area contributed by atoms with E-state index in [-0.39, 0.29) is 23.6 Å². The van der Waals surface area contributed by atoms with Gasteiger partial charge in [0.15, 0.2) is 0 Å². The van der Waals surface area contributed by atoms with Crippen molar-refractivity contribution in [3.8, 4) is 0 Å². The number of carbonyl (C=O) groups excluding carboxylic acids is 1. The summed E-state index contributed by atoms with van der Waals surface area (Å²) in [5.41, 5.74) is 1.17. The molecule has 1 heterocycles. The maximum atomic E-state index is 12.8. The molecule has 0 spiro atoms. The van der Waals surface area contributed by atoms with Gasteiger partial charge in [-0.2, -0.15) is 8.78 Å². The number of carbonyl (C=O) groups is 1. The van der Waals surface area contributed by atoms with Gasteiger partial charge in [-0.3, -0.25) is 14.1 Å². The molecular weight excluding hydrogens is 354 g/mol. The summed E-state index contributed by atoms with van der Waals surface area (Å²) < 4.78 is 51.5. The summed E-state index contributed by atoms with van der Waals surface area (Å²) in [5, 5.41) is 0. The monoisotopic (exact) mass is 372 g/mol. The number of amides is 1. The van der Waals surface area contributed by atoms with Crippen molar-refractivity contribution >= 4 is 21.6 Å². The Morgan fingerprint density at radius 3 is 2.68 bits per heavy atom. The number of rotatable bonds is 6. The van der Waals surface area contributed by atoms with Crippen LogP contribution < -0.4 is 4.72 Å². The third kappa shape index (κ3) is 4.75. The SMILES string of the molecule is Cc1ccc(C(=O)N(C)Cc2nccn2C(F)F)cc1NS(C)(=O)=O. The van der Waals surface area contributed by atoms with E-state index >= 15 is 0 Å². The first-order valence-corrected chi connectivity index (χ1v) is 9.11. The van der Waals surface area contributed by atoms with Crippen LogP contribution in [0.15, 0.2) is 30.6 Å². The van der Waals surface area contributed by atoms with Crippen molar-refractivity contribution in [2.45, 2.75) is 20.0 Å². The largest absolute Gasteiger partial charge is 0.334 e. The second kappa shape index (κ2) is 7.18. The van der Waals surface area contributed by atoms with Gasteiger partial charge in [0.05, 0.1) is 18.5 Å². The number of hydrogen-bond acceptors (Lipinski definition) is 4. The molecule has 10 heteroatoms. The number of nitrogens with one attached hydrogen (secondary N) is 1. The molecule has 0 aliphatic rings. The molecule has 0 saturated heterocycles. The zero-order chi connectivity index (χ0) is 18.8. The molecule has 2 rings (SSSR count). The maximum Gasteiger partial charge on any atom is 0.319 e. The van der Waals surface area contributed by atoms with E-state index in [9.17, 15) is 22.0 Å². The molecule has 0 atom stereocenters. The molecule has 1 N–H and O–H groups in total. The molecule has 0 aliphatic heterocycles. The van der Waals surface area contributed by atoms with Crippen molar-refractivity contribution in [2.24, 2.45) is 0 Å². The van der Waals surface area contributed by atoms with Crippen LogP contribution >= 0.6 is 0 Å². The van der Waals surface area contributed by atoms with Crippen molar-refractivity contribution in [3.63, 3.8) is 0 Å². The molecule has 0 saturated carbocycles. The summed E-state index contributed by atoms with van der Waals surface area (Å²) in [6, 6.07) is 4.56. The van der Waals surface area contributed by atoms with Crippen LogP contribution in [-0.4, -0.2) is 42.1 Å². The molecular formula is C15H18F2N4O3S. The van der Waals surface area contributed by atoms with E-state index in [2.05, 4.69) is 9.71 Å². The Hall–Kier alpha value is -2.49. The molecule has 0 fully saturated rings. The minimum atomic E-state index is -3.49. The fraction of sp³-hybridized carbons (Fsp3) is 0.333. The standard InChI is InChI=1S/C15H18F2N4O3S/c1-10-4-5-11(8-12(10)19-25(3,23)24)14(22)20(2)9-13-18-6-7-21(13)15(16)17/h4-8,15,19H,9H2,1-3H3. The molecule has 0 unspecified atom stereocenters. The van der Waals surface area contributed by atoms with E-state index in [1.165, 1.54) is 24.2 Å². The van der Waals surface area contributed by atoms with Gasteiger partial charge in [-0.15, -0.1) is 0 Å². The number of halogens is 2.